The van der Waals surface area contributed by atoms with Crippen molar-refractivity contribution in [1.82, 2.24) is 19.6 Å². The van der Waals surface area contributed by atoms with Crippen LogP contribution in [0, 0.1) is 49.5 Å². The first kappa shape index (κ1) is 40.0. The van der Waals surface area contributed by atoms with Gasteiger partial charge in [0.25, 0.3) is 0 Å². The fraction of sp³-hybridized carbons (Fsp3) is 0.175. The van der Waals surface area contributed by atoms with Gasteiger partial charge in [-0.05, 0) is 74.3 Å². The van der Waals surface area contributed by atoms with E-state index in [1.54, 1.807) is 16.4 Å². The fourth-order valence-electron chi connectivity index (χ4n) is 4.89. The SMILES string of the molecule is Cc1nn(-c2ccccc2)c(CSc2ccc(CCO)cc2)c1C#N.OCCc1cc[c-]cc1.[CH2-]c1c(C#N)c(C)nn1-c1ccccc1.[Y]. The topological polar surface area (TPSA) is 124 Å². The number of hydrogen-bond acceptors (Lipinski definition) is 7. The number of benzene rings is 4. The molecule has 0 bridgehead atoms. The Labute approximate surface area is 323 Å². The van der Waals surface area contributed by atoms with Crippen molar-refractivity contribution in [2.75, 3.05) is 13.2 Å². The van der Waals surface area contributed by atoms with Gasteiger partial charge in [0, 0.05) is 62.6 Å². The van der Waals surface area contributed by atoms with Crippen LogP contribution in [0.25, 0.3) is 11.4 Å². The molecule has 0 amide bonds. The summed E-state index contributed by atoms with van der Waals surface area (Å²) in [6, 6.07) is 42.6. The number of nitriles is 2. The molecular formula is C40H38N6O2SY-2. The Morgan fingerprint density at radius 2 is 1.18 bits per heavy atom. The quantitative estimate of drug-likeness (QED) is 0.119. The maximum Gasteiger partial charge on any atom is 0.103 e. The summed E-state index contributed by atoms with van der Waals surface area (Å²) in [5.74, 6) is 0.665. The molecule has 0 saturated heterocycles. The second-order valence-electron chi connectivity index (χ2n) is 10.8. The van der Waals surface area contributed by atoms with Gasteiger partial charge in [0.15, 0.2) is 0 Å². The summed E-state index contributed by atoms with van der Waals surface area (Å²) in [6.45, 7) is 7.94. The van der Waals surface area contributed by atoms with E-state index in [1.807, 2.05) is 116 Å². The summed E-state index contributed by atoms with van der Waals surface area (Å²) in [7, 11) is 0. The number of rotatable bonds is 9. The van der Waals surface area contributed by atoms with Gasteiger partial charge >= 0.3 is 0 Å². The molecule has 0 fully saturated rings. The van der Waals surface area contributed by atoms with Crippen molar-refractivity contribution in [3.8, 4) is 23.5 Å². The third-order valence-corrected chi connectivity index (χ3v) is 8.45. The van der Waals surface area contributed by atoms with Crippen molar-refractivity contribution in [1.29, 1.82) is 10.5 Å². The van der Waals surface area contributed by atoms with Crippen molar-refractivity contribution < 1.29 is 42.9 Å². The third-order valence-electron chi connectivity index (χ3n) is 7.42. The minimum Gasteiger partial charge on any atom is -0.396 e. The van der Waals surface area contributed by atoms with Crippen LogP contribution >= 0.6 is 11.8 Å². The van der Waals surface area contributed by atoms with Gasteiger partial charge in [-0.25, -0.2) is 16.9 Å². The van der Waals surface area contributed by atoms with Crippen molar-refractivity contribution in [2.24, 2.45) is 0 Å². The zero-order valence-electron chi connectivity index (χ0n) is 28.2. The van der Waals surface area contributed by atoms with Crippen LogP contribution in [0.4, 0.5) is 0 Å². The minimum absolute atomic E-state index is 0. The Morgan fingerprint density at radius 3 is 1.68 bits per heavy atom. The summed E-state index contributed by atoms with van der Waals surface area (Å²) < 4.78 is 3.55. The maximum atomic E-state index is 9.52. The predicted octanol–water partition coefficient (Wildman–Crippen LogP) is 7.13. The molecule has 6 aromatic rings. The molecule has 0 saturated carbocycles. The van der Waals surface area contributed by atoms with Gasteiger partial charge in [-0.15, -0.1) is 11.8 Å². The Morgan fingerprint density at radius 1 is 0.700 bits per heavy atom. The molecule has 0 aliphatic heterocycles. The van der Waals surface area contributed by atoms with Gasteiger partial charge < -0.3 is 10.2 Å². The first-order valence-electron chi connectivity index (χ1n) is 15.7. The number of para-hydroxylation sites is 2. The molecule has 251 valence electrons. The summed E-state index contributed by atoms with van der Waals surface area (Å²) in [5.41, 5.74) is 8.38. The second kappa shape index (κ2) is 20.9. The number of aromatic nitrogens is 4. The number of aliphatic hydroxyl groups is 2. The number of aliphatic hydroxyl groups excluding tert-OH is 2. The van der Waals surface area contributed by atoms with E-state index in [2.05, 4.69) is 47.5 Å². The molecule has 50 heavy (non-hydrogen) atoms. The standard InChI is InChI=1S/C20H19N3OS.C12H10N3.C8H9O.Y/c1-15-19(13-21)20(23(22-15)17-5-3-2-4-6-17)14-25-18-9-7-16(8-10-18)11-12-24;1-9-12(8-13)10(2)15(14-9)11-6-4-3-5-7-11;9-7-6-8-4-2-1-3-5-8;/h2-10,24H,11-12,14H2,1H3;3-7H,2H2,1H3;2-5,9H,6-7H2;/q;2*-1;. The molecule has 1 radical (unpaired) electrons. The zero-order chi connectivity index (χ0) is 35.0. The number of aryl methyl sites for hydroxylation is 2. The Balaban J connectivity index is 0.000000228. The molecule has 10 heteroatoms. The number of nitrogens with zero attached hydrogens (tertiary/aromatic N) is 6. The van der Waals surface area contributed by atoms with Gasteiger partial charge in [-0.3, -0.25) is 4.68 Å². The first-order chi connectivity index (χ1) is 23.9. The average molecular weight is 756 g/mol. The van der Waals surface area contributed by atoms with Crippen molar-refractivity contribution in [3.05, 3.63) is 167 Å². The van der Waals surface area contributed by atoms with E-state index in [0.29, 0.717) is 34.7 Å². The normalized spacial score (nSPS) is 9.96. The molecule has 4 aromatic carbocycles. The van der Waals surface area contributed by atoms with Gasteiger partial charge in [-0.2, -0.15) is 51.4 Å². The van der Waals surface area contributed by atoms with E-state index in [4.69, 9.17) is 15.5 Å². The van der Waals surface area contributed by atoms with E-state index in [0.717, 1.165) is 45.2 Å². The monoisotopic (exact) mass is 755 g/mol. The van der Waals surface area contributed by atoms with Gasteiger partial charge in [0.05, 0.1) is 28.3 Å². The molecule has 2 N–H and O–H groups in total. The third kappa shape index (κ3) is 11.0. The van der Waals surface area contributed by atoms with Gasteiger partial charge in [0.2, 0.25) is 0 Å². The molecule has 0 spiro atoms. The van der Waals surface area contributed by atoms with Crippen LogP contribution in [-0.4, -0.2) is 43.0 Å². The maximum absolute atomic E-state index is 9.52. The van der Waals surface area contributed by atoms with Crippen LogP contribution in [-0.2, 0) is 51.3 Å². The largest absolute Gasteiger partial charge is 0.396 e. The molecular weight excluding hydrogens is 717 g/mol. The Bertz CT molecular complexity index is 1980. The van der Waals surface area contributed by atoms with E-state index in [1.165, 1.54) is 0 Å². The summed E-state index contributed by atoms with van der Waals surface area (Å²) in [4.78, 5) is 1.13. The van der Waals surface area contributed by atoms with Crippen LogP contribution in [0.3, 0.4) is 0 Å². The molecule has 0 aliphatic carbocycles. The number of hydrogen-bond donors (Lipinski definition) is 2. The van der Waals surface area contributed by atoms with Crippen LogP contribution < -0.4 is 0 Å². The Hall–Kier alpha value is -4.48. The average Bonchev–Trinajstić information content (AvgIpc) is 3.63. The summed E-state index contributed by atoms with van der Waals surface area (Å²) in [6.07, 6.45) is 1.41. The molecule has 6 rings (SSSR count). The van der Waals surface area contributed by atoms with E-state index >= 15 is 0 Å². The molecule has 8 nitrogen and oxygen atoms in total. The van der Waals surface area contributed by atoms with Gasteiger partial charge in [0.1, 0.15) is 6.07 Å². The summed E-state index contributed by atoms with van der Waals surface area (Å²) >= 11 is 1.68. The van der Waals surface area contributed by atoms with Crippen molar-refractivity contribution in [2.45, 2.75) is 37.3 Å². The van der Waals surface area contributed by atoms with Crippen molar-refractivity contribution in [3.63, 3.8) is 0 Å². The van der Waals surface area contributed by atoms with Crippen LogP contribution in [0.15, 0.2) is 114 Å². The second-order valence-corrected chi connectivity index (χ2v) is 11.9. The predicted molar refractivity (Wildman–Crippen MR) is 193 cm³/mol. The fourth-order valence-corrected chi connectivity index (χ4v) is 5.79. The van der Waals surface area contributed by atoms with E-state index in [-0.39, 0.29) is 45.9 Å². The van der Waals surface area contributed by atoms with Crippen LogP contribution in [0.1, 0.15) is 45.0 Å². The number of thioether (sulfide) groups is 1. The zero-order valence-corrected chi connectivity index (χ0v) is 31.9. The van der Waals surface area contributed by atoms with Crippen molar-refractivity contribution >= 4 is 11.8 Å². The van der Waals surface area contributed by atoms with Gasteiger partial charge in [-0.1, -0.05) is 59.8 Å². The molecule has 0 unspecified atom stereocenters. The minimum atomic E-state index is 0. The van der Waals surface area contributed by atoms with Crippen LogP contribution in [0.5, 0.6) is 0 Å². The molecule has 0 atom stereocenters. The summed E-state index contributed by atoms with van der Waals surface area (Å²) in [5, 5.41) is 44.8. The molecule has 0 aliphatic rings. The molecule has 2 aromatic heterocycles. The molecule has 2 heterocycles. The Kier molecular flexibility index (Phi) is 16.7. The van der Waals surface area contributed by atoms with E-state index in [9.17, 15) is 5.26 Å². The first-order valence-corrected chi connectivity index (χ1v) is 16.7. The van der Waals surface area contributed by atoms with E-state index < -0.39 is 0 Å². The van der Waals surface area contributed by atoms with Crippen LogP contribution in [0.2, 0.25) is 0 Å². The smallest absolute Gasteiger partial charge is 0.103 e.